The van der Waals surface area contributed by atoms with Gasteiger partial charge in [-0.3, -0.25) is 0 Å². The van der Waals surface area contributed by atoms with Crippen molar-refractivity contribution in [3.05, 3.63) is 0 Å². The van der Waals surface area contributed by atoms with Gasteiger partial charge in [-0.15, -0.1) is 0 Å². The fourth-order valence-corrected chi connectivity index (χ4v) is 0. The number of hydrogen-bond donors (Lipinski definition) is 0. The molecule has 0 amide bonds. The van der Waals surface area contributed by atoms with E-state index in [1.165, 1.54) is 0 Å². The van der Waals surface area contributed by atoms with Crippen LogP contribution >= 0.6 is 12.2 Å². The summed E-state index contributed by atoms with van der Waals surface area (Å²) < 4.78 is 33.1. The molecule has 0 aliphatic rings. The van der Waals surface area contributed by atoms with Gasteiger partial charge in [0.2, 0.25) is 0 Å². The summed E-state index contributed by atoms with van der Waals surface area (Å²) in [6.45, 7) is 0.856. The molecule has 0 saturated heterocycles. The van der Waals surface area contributed by atoms with E-state index in [1.807, 2.05) is 0 Å². The summed E-state index contributed by atoms with van der Waals surface area (Å²) in [7, 11) is 0. The molecule has 0 bridgehead atoms. The van der Waals surface area contributed by atoms with Crippen LogP contribution in [0.3, 0.4) is 0 Å². The van der Waals surface area contributed by atoms with Gasteiger partial charge in [0.25, 0.3) is 0 Å². The summed E-state index contributed by atoms with van der Waals surface area (Å²) in [5, 5.41) is 0. The highest BCUT2D eigenvalue weighted by Crippen LogP contribution is 2.16. The molecule has 4 heteroatoms. The largest absolute Gasteiger partial charge is 0.422 e. The summed E-state index contributed by atoms with van der Waals surface area (Å²) in [5.41, 5.74) is 0. The van der Waals surface area contributed by atoms with Crippen LogP contribution in [0.1, 0.15) is 6.92 Å². The van der Waals surface area contributed by atoms with Crippen molar-refractivity contribution in [1.29, 1.82) is 0 Å². The van der Waals surface area contributed by atoms with Crippen LogP contribution in [0, 0.1) is 0 Å². The molecular weight excluding hydrogens is 125 g/mol. The van der Waals surface area contributed by atoms with Crippen LogP contribution in [0.2, 0.25) is 0 Å². The molecule has 0 nitrogen and oxygen atoms in total. The quantitative estimate of drug-likeness (QED) is 0.449. The Kier molecular flexibility index (Phi) is 1.75. The van der Waals surface area contributed by atoms with E-state index in [0.717, 1.165) is 6.92 Å². The Hall–Kier alpha value is -0.120. The van der Waals surface area contributed by atoms with Gasteiger partial charge in [-0.05, 0) is 6.92 Å². The molecule has 7 heavy (non-hydrogen) atoms. The smallest absolute Gasteiger partial charge is 0.166 e. The van der Waals surface area contributed by atoms with Crippen molar-refractivity contribution in [3.8, 4) is 0 Å². The van der Waals surface area contributed by atoms with Crippen molar-refractivity contribution in [2.24, 2.45) is 0 Å². The molecule has 0 rings (SSSR count). The van der Waals surface area contributed by atoms with Gasteiger partial charge in [0.15, 0.2) is 0 Å². The number of alkyl halides is 3. The second kappa shape index (κ2) is 1.78. The summed E-state index contributed by atoms with van der Waals surface area (Å²) in [4.78, 5) is -0.924. The Morgan fingerprint density at radius 1 is 1.43 bits per heavy atom. The Balaban J connectivity index is 3.79. The molecule has 0 aromatic heterocycles. The molecule has 0 fully saturated rings. The van der Waals surface area contributed by atoms with Gasteiger partial charge in [-0.25, -0.2) is 0 Å². The zero-order chi connectivity index (χ0) is 6.08. The van der Waals surface area contributed by atoms with Crippen LogP contribution in [-0.2, 0) is 0 Å². The molecule has 0 N–H and O–H groups in total. The second-order valence-electron chi connectivity index (χ2n) is 1.05. The maximum absolute atomic E-state index is 11.0. The zero-order valence-electron chi connectivity index (χ0n) is 3.54. The first-order valence-electron chi connectivity index (χ1n) is 1.52. The first-order chi connectivity index (χ1) is 2.94. The van der Waals surface area contributed by atoms with Crippen molar-refractivity contribution in [3.63, 3.8) is 0 Å². The van der Waals surface area contributed by atoms with E-state index in [0.29, 0.717) is 0 Å². The van der Waals surface area contributed by atoms with Crippen LogP contribution in [0.15, 0.2) is 0 Å². The monoisotopic (exact) mass is 128 g/mol. The van der Waals surface area contributed by atoms with Crippen LogP contribution in [-0.4, -0.2) is 11.0 Å². The SMILES string of the molecule is CC(=S)C(F)(F)F. The van der Waals surface area contributed by atoms with Crippen LogP contribution in [0.5, 0.6) is 0 Å². The van der Waals surface area contributed by atoms with E-state index in [9.17, 15) is 13.2 Å². The van der Waals surface area contributed by atoms with E-state index in [-0.39, 0.29) is 0 Å². The summed E-state index contributed by atoms with van der Waals surface area (Å²) in [5.74, 6) is 0. The van der Waals surface area contributed by atoms with Gasteiger partial charge in [-0.2, -0.15) is 13.2 Å². The lowest BCUT2D eigenvalue weighted by atomic mass is 10.5. The van der Waals surface area contributed by atoms with Crippen molar-refractivity contribution >= 4 is 17.1 Å². The molecule has 0 aromatic rings. The van der Waals surface area contributed by atoms with Gasteiger partial charge in [0.05, 0.1) is 4.86 Å². The fourth-order valence-electron chi connectivity index (χ4n) is 0. The lowest BCUT2D eigenvalue weighted by Gasteiger charge is -1.99. The third-order valence-corrected chi connectivity index (χ3v) is 0.631. The molecule has 0 spiro atoms. The predicted octanol–water partition coefficient (Wildman–Crippen LogP) is 1.94. The number of halogens is 3. The second-order valence-corrected chi connectivity index (χ2v) is 1.67. The molecule has 0 aliphatic carbocycles. The van der Waals surface area contributed by atoms with E-state index >= 15 is 0 Å². The molecule has 0 atom stereocenters. The summed E-state index contributed by atoms with van der Waals surface area (Å²) in [6, 6.07) is 0. The molecule has 0 saturated carbocycles. The first-order valence-corrected chi connectivity index (χ1v) is 1.93. The third-order valence-electron chi connectivity index (χ3n) is 0.399. The fraction of sp³-hybridized carbons (Fsp3) is 0.667. The van der Waals surface area contributed by atoms with E-state index in [1.54, 1.807) is 0 Å². The lowest BCUT2D eigenvalue weighted by Crippen LogP contribution is -2.16. The zero-order valence-corrected chi connectivity index (χ0v) is 4.36. The summed E-state index contributed by atoms with van der Waals surface area (Å²) >= 11 is 3.81. The van der Waals surface area contributed by atoms with Crippen molar-refractivity contribution in [2.75, 3.05) is 0 Å². The highest BCUT2D eigenvalue weighted by atomic mass is 32.1. The van der Waals surface area contributed by atoms with Crippen molar-refractivity contribution in [2.45, 2.75) is 13.1 Å². The molecule has 0 radical (unpaired) electrons. The maximum Gasteiger partial charge on any atom is 0.422 e. The first kappa shape index (κ1) is 6.88. The molecule has 0 aromatic carbocycles. The standard InChI is InChI=1S/C3H3F3S/c1-2(7)3(4,5)6/h1H3. The average molecular weight is 128 g/mol. The molecular formula is C3H3F3S. The normalized spacial score (nSPS) is 11.4. The summed E-state index contributed by atoms with van der Waals surface area (Å²) in [6.07, 6.45) is -4.27. The van der Waals surface area contributed by atoms with E-state index in [2.05, 4.69) is 12.2 Å². The van der Waals surface area contributed by atoms with E-state index in [4.69, 9.17) is 0 Å². The minimum atomic E-state index is -4.27. The van der Waals surface area contributed by atoms with Crippen LogP contribution < -0.4 is 0 Å². The van der Waals surface area contributed by atoms with Gasteiger partial charge in [0.1, 0.15) is 0 Å². The third kappa shape index (κ3) is 2.56. The minimum absolute atomic E-state index is 0.856. The predicted molar refractivity (Wildman–Crippen MR) is 24.3 cm³/mol. The Morgan fingerprint density at radius 3 is 1.57 bits per heavy atom. The highest BCUT2D eigenvalue weighted by Gasteiger charge is 2.29. The highest BCUT2D eigenvalue weighted by molar-refractivity contribution is 7.80. The van der Waals surface area contributed by atoms with Crippen molar-refractivity contribution in [1.82, 2.24) is 0 Å². The van der Waals surface area contributed by atoms with E-state index < -0.39 is 11.0 Å². The Bertz CT molecular complexity index is 82.7. The Morgan fingerprint density at radius 2 is 1.57 bits per heavy atom. The molecule has 0 unspecified atom stereocenters. The number of hydrogen-bond acceptors (Lipinski definition) is 1. The number of rotatable bonds is 0. The topological polar surface area (TPSA) is 0 Å². The Labute approximate surface area is 44.3 Å². The molecule has 42 valence electrons. The molecule has 0 aliphatic heterocycles. The van der Waals surface area contributed by atoms with Gasteiger partial charge >= 0.3 is 6.18 Å². The average Bonchev–Trinajstić information content (AvgIpc) is 1.31. The van der Waals surface area contributed by atoms with Gasteiger partial charge < -0.3 is 0 Å². The minimum Gasteiger partial charge on any atom is -0.166 e. The lowest BCUT2D eigenvalue weighted by molar-refractivity contribution is -0.0567. The van der Waals surface area contributed by atoms with Gasteiger partial charge in [0, 0.05) is 0 Å². The number of thiocarbonyl (C=S) groups is 1. The molecule has 0 heterocycles. The maximum atomic E-state index is 11.0. The van der Waals surface area contributed by atoms with Crippen molar-refractivity contribution < 1.29 is 13.2 Å². The van der Waals surface area contributed by atoms with Gasteiger partial charge in [-0.1, -0.05) is 12.2 Å². The van der Waals surface area contributed by atoms with Crippen LogP contribution in [0.4, 0.5) is 13.2 Å². The van der Waals surface area contributed by atoms with Crippen LogP contribution in [0.25, 0.3) is 0 Å².